The Hall–Kier alpha value is -0.960. The summed E-state index contributed by atoms with van der Waals surface area (Å²) in [6.07, 6.45) is 4.66. The molecule has 12 heavy (non-hydrogen) atoms. The minimum absolute atomic E-state index is 0.258. The second-order valence-electron chi connectivity index (χ2n) is 2.98. The predicted octanol–water partition coefficient (Wildman–Crippen LogP) is 1.10. The highest BCUT2D eigenvalue weighted by atomic mass is 16.3. The summed E-state index contributed by atoms with van der Waals surface area (Å²) in [5.74, 6) is 0. The molecular formula is C9H14N2O. The molecule has 3 heteroatoms. The number of aryl methyl sites for hydroxylation is 2. The molecule has 1 rings (SSSR count). The lowest BCUT2D eigenvalue weighted by Crippen LogP contribution is -2.04. The number of aliphatic hydroxyl groups excluding tert-OH is 1. The minimum atomic E-state index is -0.258. The fourth-order valence-corrected chi connectivity index (χ4v) is 1.03. The van der Waals surface area contributed by atoms with E-state index in [1.807, 2.05) is 6.92 Å². The Balaban J connectivity index is 2.57. The highest BCUT2D eigenvalue weighted by Crippen LogP contribution is 2.04. The van der Waals surface area contributed by atoms with E-state index in [2.05, 4.69) is 9.97 Å². The van der Waals surface area contributed by atoms with Gasteiger partial charge in [-0.2, -0.15) is 0 Å². The van der Waals surface area contributed by atoms with Gasteiger partial charge in [0.15, 0.2) is 0 Å². The summed E-state index contributed by atoms with van der Waals surface area (Å²) < 4.78 is 0. The van der Waals surface area contributed by atoms with Gasteiger partial charge in [0.25, 0.3) is 0 Å². The Labute approximate surface area is 72.5 Å². The summed E-state index contributed by atoms with van der Waals surface area (Å²) >= 11 is 0. The van der Waals surface area contributed by atoms with Gasteiger partial charge in [0.2, 0.25) is 0 Å². The Morgan fingerprint density at radius 3 is 2.67 bits per heavy atom. The van der Waals surface area contributed by atoms with E-state index in [0.29, 0.717) is 0 Å². The fourth-order valence-electron chi connectivity index (χ4n) is 1.03. The first kappa shape index (κ1) is 9.13. The number of aliphatic hydroxyl groups is 1. The van der Waals surface area contributed by atoms with E-state index in [1.54, 1.807) is 19.3 Å². The molecule has 1 heterocycles. The second-order valence-corrected chi connectivity index (χ2v) is 2.98. The van der Waals surface area contributed by atoms with Crippen LogP contribution in [0.3, 0.4) is 0 Å². The van der Waals surface area contributed by atoms with Gasteiger partial charge < -0.3 is 5.11 Å². The summed E-state index contributed by atoms with van der Waals surface area (Å²) in [7, 11) is 0. The number of hydrogen-bond acceptors (Lipinski definition) is 3. The zero-order valence-electron chi connectivity index (χ0n) is 7.49. The van der Waals surface area contributed by atoms with Crippen LogP contribution in [0.2, 0.25) is 0 Å². The quantitative estimate of drug-likeness (QED) is 0.731. The second kappa shape index (κ2) is 4.16. The van der Waals surface area contributed by atoms with Gasteiger partial charge in [-0.1, -0.05) is 0 Å². The Bertz CT molecular complexity index is 248. The van der Waals surface area contributed by atoms with Crippen LogP contribution in [-0.4, -0.2) is 21.2 Å². The molecule has 66 valence electrons. The van der Waals surface area contributed by atoms with Gasteiger partial charge >= 0.3 is 0 Å². The van der Waals surface area contributed by atoms with Crippen molar-refractivity contribution in [1.82, 2.24) is 9.97 Å². The van der Waals surface area contributed by atoms with Gasteiger partial charge in [-0.05, 0) is 26.7 Å². The fraction of sp³-hybridized carbons (Fsp3) is 0.556. The van der Waals surface area contributed by atoms with E-state index in [4.69, 9.17) is 5.11 Å². The molecular weight excluding hydrogens is 152 g/mol. The molecule has 1 atom stereocenters. The van der Waals surface area contributed by atoms with E-state index in [0.717, 1.165) is 24.2 Å². The average molecular weight is 166 g/mol. The van der Waals surface area contributed by atoms with Crippen LogP contribution in [0.1, 0.15) is 24.7 Å². The summed E-state index contributed by atoms with van der Waals surface area (Å²) in [5, 5.41) is 9.06. The molecule has 0 bridgehead atoms. The van der Waals surface area contributed by atoms with Crippen molar-refractivity contribution in [1.29, 1.82) is 0 Å². The number of hydrogen-bond donors (Lipinski definition) is 1. The highest BCUT2D eigenvalue weighted by Gasteiger charge is 2.01. The monoisotopic (exact) mass is 166 g/mol. The van der Waals surface area contributed by atoms with Crippen molar-refractivity contribution in [3.63, 3.8) is 0 Å². The molecule has 0 saturated carbocycles. The Kier molecular flexibility index (Phi) is 3.17. The molecule has 1 aromatic heterocycles. The van der Waals surface area contributed by atoms with Crippen molar-refractivity contribution < 1.29 is 5.11 Å². The number of rotatable bonds is 3. The Morgan fingerprint density at radius 1 is 1.42 bits per heavy atom. The highest BCUT2D eigenvalue weighted by molar-refractivity contribution is 5.08. The van der Waals surface area contributed by atoms with Crippen LogP contribution in [0, 0.1) is 6.92 Å². The molecule has 1 N–H and O–H groups in total. The van der Waals surface area contributed by atoms with E-state index >= 15 is 0 Å². The van der Waals surface area contributed by atoms with Crippen LogP contribution >= 0.6 is 0 Å². The van der Waals surface area contributed by atoms with E-state index < -0.39 is 0 Å². The van der Waals surface area contributed by atoms with Crippen molar-refractivity contribution in [2.24, 2.45) is 0 Å². The lowest BCUT2D eigenvalue weighted by molar-refractivity contribution is 0.184. The standard InChI is InChI=1S/C9H14N2O/c1-7(12)3-4-9-8(2)10-5-6-11-9/h5-7,12H,3-4H2,1-2H3/t7-/m0/s1. The maximum absolute atomic E-state index is 9.06. The molecule has 0 fully saturated rings. The molecule has 0 aliphatic heterocycles. The zero-order chi connectivity index (χ0) is 8.97. The van der Waals surface area contributed by atoms with Crippen LogP contribution in [-0.2, 0) is 6.42 Å². The molecule has 0 spiro atoms. The van der Waals surface area contributed by atoms with Gasteiger partial charge in [0, 0.05) is 12.4 Å². The van der Waals surface area contributed by atoms with Crippen molar-refractivity contribution in [3.8, 4) is 0 Å². The van der Waals surface area contributed by atoms with Crippen LogP contribution in [0.15, 0.2) is 12.4 Å². The van der Waals surface area contributed by atoms with Gasteiger partial charge in [0.1, 0.15) is 0 Å². The van der Waals surface area contributed by atoms with Crippen LogP contribution in [0.25, 0.3) is 0 Å². The first-order valence-corrected chi connectivity index (χ1v) is 4.14. The summed E-state index contributed by atoms with van der Waals surface area (Å²) in [6, 6.07) is 0. The summed E-state index contributed by atoms with van der Waals surface area (Å²) in [4.78, 5) is 8.29. The maximum Gasteiger partial charge on any atom is 0.0616 e. The molecule has 3 nitrogen and oxygen atoms in total. The normalized spacial score (nSPS) is 12.9. The van der Waals surface area contributed by atoms with Crippen molar-refractivity contribution >= 4 is 0 Å². The van der Waals surface area contributed by atoms with Crippen molar-refractivity contribution in [2.75, 3.05) is 0 Å². The summed E-state index contributed by atoms with van der Waals surface area (Å²) in [6.45, 7) is 3.72. The van der Waals surface area contributed by atoms with Gasteiger partial charge in [0.05, 0.1) is 17.5 Å². The van der Waals surface area contributed by atoms with Crippen LogP contribution in [0.4, 0.5) is 0 Å². The molecule has 0 aromatic carbocycles. The third-order valence-electron chi connectivity index (χ3n) is 1.78. The molecule has 0 saturated heterocycles. The number of aromatic nitrogens is 2. The zero-order valence-corrected chi connectivity index (χ0v) is 7.49. The smallest absolute Gasteiger partial charge is 0.0616 e. The number of nitrogens with zero attached hydrogens (tertiary/aromatic N) is 2. The molecule has 0 unspecified atom stereocenters. The van der Waals surface area contributed by atoms with Crippen molar-refractivity contribution in [3.05, 3.63) is 23.8 Å². The third kappa shape index (κ3) is 2.58. The SMILES string of the molecule is Cc1nccnc1CC[C@H](C)O. The lowest BCUT2D eigenvalue weighted by atomic mass is 10.1. The molecule has 0 amide bonds. The minimum Gasteiger partial charge on any atom is -0.393 e. The first-order chi connectivity index (χ1) is 5.70. The van der Waals surface area contributed by atoms with Gasteiger partial charge in [-0.25, -0.2) is 0 Å². The largest absolute Gasteiger partial charge is 0.393 e. The van der Waals surface area contributed by atoms with E-state index in [1.165, 1.54) is 0 Å². The van der Waals surface area contributed by atoms with Crippen LogP contribution < -0.4 is 0 Å². The van der Waals surface area contributed by atoms with Crippen LogP contribution in [0.5, 0.6) is 0 Å². The average Bonchev–Trinajstić information content (AvgIpc) is 2.03. The Morgan fingerprint density at radius 2 is 2.08 bits per heavy atom. The first-order valence-electron chi connectivity index (χ1n) is 4.14. The maximum atomic E-state index is 9.06. The van der Waals surface area contributed by atoms with Crippen molar-refractivity contribution in [2.45, 2.75) is 32.8 Å². The lowest BCUT2D eigenvalue weighted by Gasteiger charge is -2.04. The van der Waals surface area contributed by atoms with E-state index in [-0.39, 0.29) is 6.10 Å². The molecule has 0 radical (unpaired) electrons. The topological polar surface area (TPSA) is 46.0 Å². The van der Waals surface area contributed by atoms with Gasteiger partial charge in [-0.3, -0.25) is 9.97 Å². The molecule has 1 aromatic rings. The predicted molar refractivity (Wildman–Crippen MR) is 46.8 cm³/mol. The molecule has 0 aliphatic rings. The summed E-state index contributed by atoms with van der Waals surface area (Å²) in [5.41, 5.74) is 1.94. The molecule has 0 aliphatic carbocycles. The van der Waals surface area contributed by atoms with Gasteiger partial charge in [-0.15, -0.1) is 0 Å². The van der Waals surface area contributed by atoms with E-state index in [9.17, 15) is 0 Å². The third-order valence-corrected chi connectivity index (χ3v) is 1.78.